The van der Waals surface area contributed by atoms with Crippen molar-refractivity contribution in [2.45, 2.75) is 57.1 Å². The van der Waals surface area contributed by atoms with E-state index in [2.05, 4.69) is 5.32 Å². The van der Waals surface area contributed by atoms with Crippen molar-refractivity contribution in [1.82, 2.24) is 9.88 Å². The maximum atomic E-state index is 13.6. The Morgan fingerprint density at radius 2 is 1.72 bits per heavy atom. The number of hydrogen-bond acceptors (Lipinski definition) is 3. The third kappa shape index (κ3) is 3.47. The number of aromatic nitrogens is 1. The Labute approximate surface area is 185 Å². The second-order valence-corrected chi connectivity index (χ2v) is 10.00. The van der Waals surface area contributed by atoms with Crippen molar-refractivity contribution in [3.8, 4) is 0 Å². The molecule has 5 nitrogen and oxygen atoms in total. The monoisotopic (exact) mass is 442 g/mol. The largest absolute Gasteiger partial charge is 0.390 e. The molecule has 2 unspecified atom stereocenters. The minimum absolute atomic E-state index is 0.0235. The predicted octanol–water partition coefficient (Wildman–Crippen LogP) is 3.77. The molecule has 2 atom stereocenters. The summed E-state index contributed by atoms with van der Waals surface area (Å²) in [5.41, 5.74) is 0.674. The molecule has 6 rings (SSSR count). The van der Waals surface area contributed by atoms with Gasteiger partial charge in [0, 0.05) is 24.7 Å². The van der Waals surface area contributed by atoms with Crippen LogP contribution in [0.25, 0.3) is 0 Å². The summed E-state index contributed by atoms with van der Waals surface area (Å²) in [7, 11) is 1.64. The number of hydrogen-bond donors (Lipinski definition) is 2. The van der Waals surface area contributed by atoms with Crippen molar-refractivity contribution in [3.63, 3.8) is 0 Å². The van der Waals surface area contributed by atoms with E-state index in [0.29, 0.717) is 23.6 Å². The SMILES string of the molecule is CCc1cc(C(=O)c2cc(F)cc(F)c2)n(C)c1C(=O)NC1C2CC3CC1CC(O)(C3)C2. The zero-order valence-corrected chi connectivity index (χ0v) is 18.3. The van der Waals surface area contributed by atoms with Gasteiger partial charge >= 0.3 is 0 Å². The van der Waals surface area contributed by atoms with E-state index in [1.807, 2.05) is 6.92 Å². The number of nitrogens with one attached hydrogen (secondary N) is 1. The van der Waals surface area contributed by atoms with E-state index in [-0.39, 0.29) is 35.0 Å². The lowest BCUT2D eigenvalue weighted by Gasteiger charge is -2.58. The molecule has 4 fully saturated rings. The summed E-state index contributed by atoms with van der Waals surface area (Å²) in [6.07, 6.45) is 4.95. The first-order chi connectivity index (χ1) is 15.2. The Balaban J connectivity index is 1.42. The Hall–Kier alpha value is -2.54. The highest BCUT2D eigenvalue weighted by Crippen LogP contribution is 2.55. The topological polar surface area (TPSA) is 71.3 Å². The Bertz CT molecular complexity index is 1070. The Morgan fingerprint density at radius 1 is 1.09 bits per heavy atom. The number of nitrogens with zero attached hydrogens (tertiary/aromatic N) is 1. The van der Waals surface area contributed by atoms with Gasteiger partial charge < -0.3 is 15.0 Å². The minimum Gasteiger partial charge on any atom is -0.390 e. The highest BCUT2D eigenvalue weighted by molar-refractivity contribution is 6.09. The van der Waals surface area contributed by atoms with E-state index in [1.165, 1.54) is 4.57 Å². The highest BCUT2D eigenvalue weighted by atomic mass is 19.1. The van der Waals surface area contributed by atoms with Crippen molar-refractivity contribution < 1.29 is 23.5 Å². The van der Waals surface area contributed by atoms with Gasteiger partial charge in [0.25, 0.3) is 5.91 Å². The maximum absolute atomic E-state index is 13.6. The molecule has 170 valence electrons. The van der Waals surface area contributed by atoms with Crippen LogP contribution >= 0.6 is 0 Å². The predicted molar refractivity (Wildman–Crippen MR) is 114 cm³/mol. The van der Waals surface area contributed by atoms with Crippen molar-refractivity contribution in [3.05, 3.63) is 58.4 Å². The third-order valence-electron chi connectivity index (χ3n) is 7.80. The molecule has 0 spiro atoms. The fraction of sp³-hybridized carbons (Fsp3) is 0.520. The quantitative estimate of drug-likeness (QED) is 0.693. The molecule has 1 aromatic heterocycles. The van der Waals surface area contributed by atoms with Crippen LogP contribution in [0.5, 0.6) is 0 Å². The summed E-state index contributed by atoms with van der Waals surface area (Å²) in [5.74, 6) is -1.31. The number of rotatable bonds is 5. The number of carbonyl (C=O) groups excluding carboxylic acids is 2. The van der Waals surface area contributed by atoms with Gasteiger partial charge in [-0.05, 0) is 80.0 Å². The number of aliphatic hydroxyl groups is 1. The second-order valence-electron chi connectivity index (χ2n) is 10.00. The first kappa shape index (κ1) is 21.3. The molecule has 4 bridgehead atoms. The molecule has 4 aliphatic carbocycles. The summed E-state index contributed by atoms with van der Waals surface area (Å²) in [6.45, 7) is 1.90. The van der Waals surface area contributed by atoms with Crippen molar-refractivity contribution >= 4 is 11.7 Å². The van der Waals surface area contributed by atoms with Gasteiger partial charge in [0.05, 0.1) is 11.3 Å². The molecule has 0 aliphatic heterocycles. The van der Waals surface area contributed by atoms with E-state index in [0.717, 1.165) is 50.3 Å². The fourth-order valence-corrected chi connectivity index (χ4v) is 6.72. The minimum atomic E-state index is -0.820. The van der Waals surface area contributed by atoms with Gasteiger partial charge in [-0.2, -0.15) is 0 Å². The van der Waals surface area contributed by atoms with E-state index < -0.39 is 23.0 Å². The van der Waals surface area contributed by atoms with Gasteiger partial charge in [0.1, 0.15) is 17.3 Å². The molecule has 1 aromatic carbocycles. The van der Waals surface area contributed by atoms with Gasteiger partial charge in [-0.25, -0.2) is 8.78 Å². The van der Waals surface area contributed by atoms with Crippen LogP contribution in [0.1, 0.15) is 71.1 Å². The summed E-state index contributed by atoms with van der Waals surface area (Å²) in [5, 5.41) is 14.0. The van der Waals surface area contributed by atoms with Crippen LogP contribution in [0.3, 0.4) is 0 Å². The Morgan fingerprint density at radius 3 is 2.28 bits per heavy atom. The third-order valence-corrected chi connectivity index (χ3v) is 7.80. The molecule has 0 radical (unpaired) electrons. The lowest BCUT2D eigenvalue weighted by Crippen LogP contribution is -2.61. The van der Waals surface area contributed by atoms with Crippen LogP contribution in [0.2, 0.25) is 0 Å². The smallest absolute Gasteiger partial charge is 0.268 e. The molecule has 1 amide bonds. The molecule has 0 saturated heterocycles. The highest BCUT2D eigenvalue weighted by Gasteiger charge is 2.55. The van der Waals surface area contributed by atoms with E-state index in [9.17, 15) is 23.5 Å². The molecule has 7 heteroatoms. The normalized spacial score (nSPS) is 30.5. The average molecular weight is 443 g/mol. The second kappa shape index (κ2) is 7.51. The van der Waals surface area contributed by atoms with Gasteiger partial charge in [0.2, 0.25) is 5.78 Å². The van der Waals surface area contributed by atoms with Gasteiger partial charge in [0.15, 0.2) is 0 Å². The zero-order valence-electron chi connectivity index (χ0n) is 18.3. The van der Waals surface area contributed by atoms with Crippen LogP contribution in [0.15, 0.2) is 24.3 Å². The number of carbonyl (C=O) groups is 2. The van der Waals surface area contributed by atoms with Crippen LogP contribution < -0.4 is 5.32 Å². The number of benzene rings is 1. The van der Waals surface area contributed by atoms with E-state index >= 15 is 0 Å². The molecule has 32 heavy (non-hydrogen) atoms. The van der Waals surface area contributed by atoms with Crippen LogP contribution in [-0.2, 0) is 13.5 Å². The maximum Gasteiger partial charge on any atom is 0.268 e. The standard InChI is InChI=1S/C25H28F2N2O3/c1-3-14-8-20(23(30)15-6-18(26)9-19(27)7-15)29(2)22(14)24(31)28-21-16-4-13-5-17(21)12-25(32,10-13)11-16/h6-9,13,16-17,21,32H,3-5,10-12H2,1-2H3,(H,28,31). The first-order valence-electron chi connectivity index (χ1n) is 11.4. The first-order valence-corrected chi connectivity index (χ1v) is 11.4. The molecule has 4 aliphatic rings. The molecular weight excluding hydrogens is 414 g/mol. The lowest BCUT2D eigenvalue weighted by molar-refractivity contribution is -0.137. The molecule has 2 N–H and O–H groups in total. The number of ketones is 1. The van der Waals surface area contributed by atoms with Crippen LogP contribution in [-0.4, -0.2) is 33.0 Å². The van der Waals surface area contributed by atoms with Gasteiger partial charge in [-0.15, -0.1) is 0 Å². The summed E-state index contributed by atoms with van der Waals surface area (Å²) in [4.78, 5) is 26.4. The Kier molecular flexibility index (Phi) is 5.00. The molecule has 4 saturated carbocycles. The summed E-state index contributed by atoms with van der Waals surface area (Å²) < 4.78 is 28.8. The average Bonchev–Trinajstić information content (AvgIpc) is 3.04. The molecule has 2 aromatic rings. The van der Waals surface area contributed by atoms with Crippen LogP contribution in [0, 0.1) is 29.4 Å². The van der Waals surface area contributed by atoms with E-state index in [4.69, 9.17) is 0 Å². The van der Waals surface area contributed by atoms with E-state index in [1.54, 1.807) is 13.1 Å². The molecule has 1 heterocycles. The van der Waals surface area contributed by atoms with Crippen molar-refractivity contribution in [1.29, 1.82) is 0 Å². The summed E-state index contributed by atoms with van der Waals surface area (Å²) in [6, 6.07) is 4.39. The van der Waals surface area contributed by atoms with Gasteiger partial charge in [-0.3, -0.25) is 9.59 Å². The van der Waals surface area contributed by atoms with Gasteiger partial charge in [-0.1, -0.05) is 6.92 Å². The zero-order chi connectivity index (χ0) is 22.8. The number of amides is 1. The van der Waals surface area contributed by atoms with Crippen molar-refractivity contribution in [2.75, 3.05) is 0 Å². The summed E-state index contributed by atoms with van der Waals surface area (Å²) >= 11 is 0. The van der Waals surface area contributed by atoms with Crippen LogP contribution in [0.4, 0.5) is 8.78 Å². The number of aryl methyl sites for hydroxylation is 1. The fourth-order valence-electron chi connectivity index (χ4n) is 6.72. The van der Waals surface area contributed by atoms with Crippen molar-refractivity contribution in [2.24, 2.45) is 24.8 Å². The number of halogens is 2. The lowest BCUT2D eigenvalue weighted by atomic mass is 9.52. The molecular formula is C25H28F2N2O3.